The fourth-order valence-electron chi connectivity index (χ4n) is 3.35. The summed E-state index contributed by atoms with van der Waals surface area (Å²) in [6.07, 6.45) is 6.01. The topological polar surface area (TPSA) is 67.9 Å². The molecule has 1 N–H and O–H groups in total. The van der Waals surface area contributed by atoms with Gasteiger partial charge in [0.05, 0.1) is 18.9 Å². The normalized spacial score (nSPS) is 15.1. The summed E-state index contributed by atoms with van der Waals surface area (Å²) in [5, 5.41) is 2.66. The molecule has 2 amide bonds. The van der Waals surface area contributed by atoms with Crippen molar-refractivity contribution >= 4 is 40.9 Å². The van der Waals surface area contributed by atoms with Crippen LogP contribution in [0.3, 0.4) is 0 Å². The lowest BCUT2D eigenvalue weighted by atomic mass is 10.1. The van der Waals surface area contributed by atoms with Gasteiger partial charge in [0.1, 0.15) is 5.57 Å². The monoisotopic (exact) mass is 452 g/mol. The first-order chi connectivity index (χ1) is 15.5. The first kappa shape index (κ1) is 23.5. The van der Waals surface area contributed by atoms with Crippen LogP contribution in [0.4, 0.5) is 5.69 Å². The maximum atomic E-state index is 13.1. The molecule has 0 aromatic heterocycles. The summed E-state index contributed by atoms with van der Waals surface area (Å²) in [4.78, 5) is 27.0. The van der Waals surface area contributed by atoms with Crippen molar-refractivity contribution in [1.82, 2.24) is 5.32 Å². The average Bonchev–Trinajstić information content (AvgIpc) is 2.78. The van der Waals surface area contributed by atoms with Gasteiger partial charge in [0.2, 0.25) is 0 Å². The molecule has 0 aliphatic carbocycles. The zero-order chi connectivity index (χ0) is 22.9. The number of rotatable bonds is 10. The van der Waals surface area contributed by atoms with E-state index in [0.717, 1.165) is 12.8 Å². The molecule has 7 heteroatoms. The Hall–Kier alpha value is -3.19. The number of unbranched alkanes of at least 4 members (excludes halogenated alkanes) is 3. The summed E-state index contributed by atoms with van der Waals surface area (Å²) in [6, 6.07) is 14.4. The predicted octanol–water partition coefficient (Wildman–Crippen LogP) is 4.88. The zero-order valence-corrected chi connectivity index (χ0v) is 19.2. The number of anilines is 1. The summed E-state index contributed by atoms with van der Waals surface area (Å²) in [6.45, 7) is 5.16. The van der Waals surface area contributed by atoms with Gasteiger partial charge in [0.25, 0.3) is 11.8 Å². The van der Waals surface area contributed by atoms with E-state index in [0.29, 0.717) is 36.0 Å². The van der Waals surface area contributed by atoms with Gasteiger partial charge < -0.3 is 9.47 Å². The minimum absolute atomic E-state index is 0.00173. The fraction of sp³-hybridized carbons (Fsp3) is 0.320. The van der Waals surface area contributed by atoms with Crippen LogP contribution in [0, 0.1) is 0 Å². The maximum absolute atomic E-state index is 13.1. The lowest BCUT2D eigenvalue weighted by Crippen LogP contribution is -2.54. The third-order valence-corrected chi connectivity index (χ3v) is 5.23. The Morgan fingerprint density at radius 3 is 2.47 bits per heavy atom. The van der Waals surface area contributed by atoms with Crippen molar-refractivity contribution in [3.05, 3.63) is 59.7 Å². The number of benzene rings is 2. The van der Waals surface area contributed by atoms with Crippen LogP contribution >= 0.6 is 12.2 Å². The van der Waals surface area contributed by atoms with Gasteiger partial charge in [0.15, 0.2) is 16.6 Å². The largest absolute Gasteiger partial charge is 0.490 e. The van der Waals surface area contributed by atoms with Crippen LogP contribution in [0.15, 0.2) is 54.1 Å². The highest BCUT2D eigenvalue weighted by atomic mass is 32.1. The number of nitrogens with one attached hydrogen (secondary N) is 1. The molecule has 0 unspecified atom stereocenters. The van der Waals surface area contributed by atoms with Crippen molar-refractivity contribution in [2.45, 2.75) is 39.5 Å². The van der Waals surface area contributed by atoms with Crippen molar-refractivity contribution in [1.29, 1.82) is 0 Å². The Morgan fingerprint density at radius 1 is 0.969 bits per heavy atom. The average molecular weight is 453 g/mol. The number of amides is 2. The van der Waals surface area contributed by atoms with Crippen molar-refractivity contribution < 1.29 is 19.1 Å². The van der Waals surface area contributed by atoms with Gasteiger partial charge in [-0.2, -0.15) is 0 Å². The Morgan fingerprint density at radius 2 is 1.75 bits per heavy atom. The summed E-state index contributed by atoms with van der Waals surface area (Å²) < 4.78 is 11.6. The molecule has 1 heterocycles. The SMILES string of the molecule is CCCCCCOc1ccc(/C=C2/C(=O)NC(=S)N(c3ccccc3)C2=O)cc1OCC. The van der Waals surface area contributed by atoms with Crippen molar-refractivity contribution in [2.24, 2.45) is 0 Å². The number of hydrogen-bond acceptors (Lipinski definition) is 5. The van der Waals surface area contributed by atoms with Crippen molar-refractivity contribution in [2.75, 3.05) is 18.1 Å². The molecule has 2 aromatic rings. The minimum Gasteiger partial charge on any atom is -0.490 e. The van der Waals surface area contributed by atoms with Crippen LogP contribution in [0.1, 0.15) is 45.1 Å². The molecule has 1 aliphatic heterocycles. The number of thiocarbonyl (C=S) groups is 1. The molecule has 2 aromatic carbocycles. The highest BCUT2D eigenvalue weighted by Gasteiger charge is 2.34. The van der Waals surface area contributed by atoms with Gasteiger partial charge in [-0.05, 0) is 61.5 Å². The second-order valence-electron chi connectivity index (χ2n) is 7.34. The van der Waals surface area contributed by atoms with E-state index in [-0.39, 0.29) is 10.7 Å². The first-order valence-corrected chi connectivity index (χ1v) is 11.3. The Labute approximate surface area is 194 Å². The van der Waals surface area contributed by atoms with Crippen molar-refractivity contribution in [3.8, 4) is 11.5 Å². The number of nitrogens with zero attached hydrogens (tertiary/aromatic N) is 1. The van der Waals surface area contributed by atoms with Gasteiger partial charge in [-0.1, -0.05) is 50.5 Å². The quantitative estimate of drug-likeness (QED) is 0.241. The predicted molar refractivity (Wildman–Crippen MR) is 130 cm³/mol. The van der Waals surface area contributed by atoms with Gasteiger partial charge in [-0.15, -0.1) is 0 Å². The van der Waals surface area contributed by atoms with Gasteiger partial charge in [-0.25, -0.2) is 0 Å². The molecule has 0 spiro atoms. The van der Waals surface area contributed by atoms with Crippen LogP contribution < -0.4 is 19.7 Å². The molecular formula is C25H28N2O4S. The highest BCUT2D eigenvalue weighted by molar-refractivity contribution is 7.80. The van der Waals surface area contributed by atoms with Crippen LogP contribution in [-0.4, -0.2) is 30.1 Å². The summed E-state index contributed by atoms with van der Waals surface area (Å²) in [7, 11) is 0. The Bertz CT molecular complexity index is 1000. The molecule has 6 nitrogen and oxygen atoms in total. The Kier molecular flexibility index (Phi) is 8.39. The first-order valence-electron chi connectivity index (χ1n) is 10.9. The lowest BCUT2D eigenvalue weighted by Gasteiger charge is -2.28. The van der Waals surface area contributed by atoms with E-state index in [1.807, 2.05) is 19.1 Å². The number of ether oxygens (including phenoxy) is 2. The second kappa shape index (κ2) is 11.4. The van der Waals surface area contributed by atoms with E-state index in [9.17, 15) is 9.59 Å². The molecular weight excluding hydrogens is 424 g/mol. The van der Waals surface area contributed by atoms with E-state index in [1.54, 1.807) is 42.5 Å². The van der Waals surface area contributed by atoms with Gasteiger partial charge >= 0.3 is 0 Å². The molecule has 1 saturated heterocycles. The third-order valence-electron chi connectivity index (χ3n) is 4.95. The molecule has 0 radical (unpaired) electrons. The smallest absolute Gasteiger partial charge is 0.270 e. The molecule has 1 aliphatic rings. The Balaban J connectivity index is 1.83. The zero-order valence-electron chi connectivity index (χ0n) is 18.4. The molecule has 32 heavy (non-hydrogen) atoms. The van der Waals surface area contributed by atoms with Crippen LogP contribution in [0.25, 0.3) is 6.08 Å². The third kappa shape index (κ3) is 5.73. The van der Waals surface area contributed by atoms with Crippen LogP contribution in [0.5, 0.6) is 11.5 Å². The summed E-state index contributed by atoms with van der Waals surface area (Å²) in [5.74, 6) is 0.231. The van der Waals surface area contributed by atoms with E-state index >= 15 is 0 Å². The van der Waals surface area contributed by atoms with E-state index in [2.05, 4.69) is 12.2 Å². The number of hydrogen-bond donors (Lipinski definition) is 1. The van der Waals surface area contributed by atoms with Crippen LogP contribution in [0.2, 0.25) is 0 Å². The molecule has 168 valence electrons. The minimum atomic E-state index is -0.526. The fourth-order valence-corrected chi connectivity index (χ4v) is 3.63. The second-order valence-corrected chi connectivity index (χ2v) is 7.73. The summed E-state index contributed by atoms with van der Waals surface area (Å²) in [5.41, 5.74) is 1.25. The standard InChI is InChI=1S/C25H28N2O4S/c1-3-5-6-10-15-31-21-14-13-18(17-22(21)30-4-2)16-20-23(28)26-25(32)27(24(20)29)19-11-8-7-9-12-19/h7-9,11-14,16-17H,3-6,10,15H2,1-2H3,(H,26,28,32)/b20-16-. The van der Waals surface area contributed by atoms with Crippen molar-refractivity contribution in [3.63, 3.8) is 0 Å². The number of carbonyl (C=O) groups excluding carboxylic acids is 2. The van der Waals surface area contributed by atoms with Crippen LogP contribution in [-0.2, 0) is 9.59 Å². The molecule has 3 rings (SSSR count). The van der Waals surface area contributed by atoms with E-state index in [4.69, 9.17) is 21.7 Å². The molecule has 1 fully saturated rings. The van der Waals surface area contributed by atoms with E-state index in [1.165, 1.54) is 17.7 Å². The van der Waals surface area contributed by atoms with Gasteiger partial charge in [-0.3, -0.25) is 19.8 Å². The summed E-state index contributed by atoms with van der Waals surface area (Å²) >= 11 is 5.23. The van der Waals surface area contributed by atoms with E-state index < -0.39 is 11.8 Å². The lowest BCUT2D eigenvalue weighted by molar-refractivity contribution is -0.122. The number of para-hydroxylation sites is 1. The molecule has 0 atom stereocenters. The molecule has 0 bridgehead atoms. The highest BCUT2D eigenvalue weighted by Crippen LogP contribution is 2.30. The van der Waals surface area contributed by atoms with Gasteiger partial charge in [0, 0.05) is 0 Å². The number of carbonyl (C=O) groups is 2. The molecule has 0 saturated carbocycles. The maximum Gasteiger partial charge on any atom is 0.270 e.